The lowest BCUT2D eigenvalue weighted by atomic mass is 9.86. The summed E-state index contributed by atoms with van der Waals surface area (Å²) in [5, 5.41) is 19.6. The van der Waals surface area contributed by atoms with Crippen molar-refractivity contribution in [2.45, 2.75) is 32.3 Å². The van der Waals surface area contributed by atoms with Crippen molar-refractivity contribution in [1.82, 2.24) is 0 Å². The molecule has 0 fully saturated rings. The van der Waals surface area contributed by atoms with Crippen molar-refractivity contribution in [3.63, 3.8) is 0 Å². The quantitative estimate of drug-likeness (QED) is 0.678. The van der Waals surface area contributed by atoms with Crippen LogP contribution >= 0.6 is 0 Å². The minimum Gasteiger partial charge on any atom is -0.493 e. The zero-order valence-electron chi connectivity index (χ0n) is 9.58. The minimum atomic E-state index is -1.40. The normalized spacial score (nSPS) is 23.9. The fourth-order valence-electron chi connectivity index (χ4n) is 2.22. The van der Waals surface area contributed by atoms with Crippen LogP contribution in [-0.2, 0) is 5.60 Å². The molecule has 16 heavy (non-hydrogen) atoms. The Balaban J connectivity index is 2.71. The minimum absolute atomic E-state index is 0.431. The van der Waals surface area contributed by atoms with E-state index in [2.05, 4.69) is 0 Å². The highest BCUT2D eigenvalue weighted by Crippen LogP contribution is 2.40. The third-order valence-corrected chi connectivity index (χ3v) is 3.09. The summed E-state index contributed by atoms with van der Waals surface area (Å²) >= 11 is 0. The van der Waals surface area contributed by atoms with Crippen molar-refractivity contribution in [1.29, 1.82) is 5.26 Å². The molecule has 1 aliphatic rings. The number of benzene rings is 1. The van der Waals surface area contributed by atoms with Crippen LogP contribution in [0.5, 0.6) is 5.75 Å². The van der Waals surface area contributed by atoms with E-state index < -0.39 is 5.60 Å². The number of aliphatic hydroxyl groups is 1. The number of nitriles is 1. The van der Waals surface area contributed by atoms with Crippen molar-refractivity contribution >= 4 is 0 Å². The number of rotatable bonds is 0. The molecule has 1 aromatic rings. The summed E-state index contributed by atoms with van der Waals surface area (Å²) in [6.07, 6.45) is 1.12. The molecule has 1 aromatic carbocycles. The van der Waals surface area contributed by atoms with E-state index in [4.69, 9.17) is 4.74 Å². The van der Waals surface area contributed by atoms with Crippen LogP contribution in [0.15, 0.2) is 12.1 Å². The van der Waals surface area contributed by atoms with E-state index in [0.717, 1.165) is 11.1 Å². The number of aryl methyl sites for hydroxylation is 2. The first kappa shape index (κ1) is 11.0. The molecular weight excluding hydrogens is 202 g/mol. The standard InChI is InChI=1S/C13H15NO2/c1-9-4-5-10(2)12-11(9)13(15,8-14)6-3-7-16-12/h4-5,15H,3,6-7H2,1-2H3. The van der Waals surface area contributed by atoms with Crippen LogP contribution in [0, 0.1) is 25.2 Å². The highest BCUT2D eigenvalue weighted by molar-refractivity contribution is 5.51. The van der Waals surface area contributed by atoms with Gasteiger partial charge in [0.05, 0.1) is 6.61 Å². The van der Waals surface area contributed by atoms with Crippen molar-refractivity contribution in [2.75, 3.05) is 6.61 Å². The maximum atomic E-state index is 10.4. The molecule has 0 amide bonds. The van der Waals surface area contributed by atoms with Gasteiger partial charge in [0.25, 0.3) is 0 Å². The molecule has 0 aliphatic carbocycles. The Morgan fingerprint density at radius 3 is 2.75 bits per heavy atom. The van der Waals surface area contributed by atoms with Crippen LogP contribution in [0.25, 0.3) is 0 Å². The molecule has 1 N–H and O–H groups in total. The van der Waals surface area contributed by atoms with Crippen molar-refractivity contribution in [2.24, 2.45) is 0 Å². The highest BCUT2D eigenvalue weighted by Gasteiger charge is 2.36. The molecule has 1 aliphatic heterocycles. The number of hydrogen-bond acceptors (Lipinski definition) is 3. The van der Waals surface area contributed by atoms with Gasteiger partial charge in [-0.15, -0.1) is 0 Å². The van der Waals surface area contributed by atoms with E-state index in [-0.39, 0.29) is 0 Å². The molecule has 0 saturated heterocycles. The molecule has 3 nitrogen and oxygen atoms in total. The topological polar surface area (TPSA) is 53.2 Å². The van der Waals surface area contributed by atoms with Gasteiger partial charge >= 0.3 is 0 Å². The largest absolute Gasteiger partial charge is 0.493 e. The lowest BCUT2D eigenvalue weighted by Crippen LogP contribution is -2.24. The zero-order chi connectivity index (χ0) is 11.8. The molecule has 3 heteroatoms. The Morgan fingerprint density at radius 1 is 1.38 bits per heavy atom. The van der Waals surface area contributed by atoms with Gasteiger partial charge in [0, 0.05) is 5.56 Å². The van der Waals surface area contributed by atoms with E-state index in [9.17, 15) is 10.4 Å². The van der Waals surface area contributed by atoms with Gasteiger partial charge in [-0.05, 0) is 37.8 Å². The molecule has 84 valence electrons. The second-order valence-corrected chi connectivity index (χ2v) is 4.33. The predicted octanol–water partition coefficient (Wildman–Crippen LogP) is 2.19. The molecule has 2 rings (SSSR count). The molecule has 0 radical (unpaired) electrons. The van der Waals surface area contributed by atoms with Crippen LogP contribution in [0.2, 0.25) is 0 Å². The Labute approximate surface area is 95.3 Å². The second kappa shape index (κ2) is 3.80. The first-order valence-corrected chi connectivity index (χ1v) is 5.45. The van der Waals surface area contributed by atoms with Gasteiger partial charge in [-0.2, -0.15) is 5.26 Å². The average molecular weight is 217 g/mol. The van der Waals surface area contributed by atoms with E-state index in [1.54, 1.807) is 0 Å². The van der Waals surface area contributed by atoms with Gasteiger partial charge in [-0.1, -0.05) is 12.1 Å². The third kappa shape index (κ3) is 1.56. The van der Waals surface area contributed by atoms with Gasteiger partial charge in [-0.3, -0.25) is 0 Å². The van der Waals surface area contributed by atoms with Crippen LogP contribution in [0.1, 0.15) is 29.5 Å². The Morgan fingerprint density at radius 2 is 2.06 bits per heavy atom. The Kier molecular flexibility index (Phi) is 2.61. The highest BCUT2D eigenvalue weighted by atomic mass is 16.5. The number of ether oxygens (including phenoxy) is 1. The van der Waals surface area contributed by atoms with Gasteiger partial charge in [0.2, 0.25) is 0 Å². The summed E-state index contributed by atoms with van der Waals surface area (Å²) < 4.78 is 5.65. The number of fused-ring (bicyclic) bond motifs is 1. The number of hydrogen-bond donors (Lipinski definition) is 1. The van der Waals surface area contributed by atoms with Crippen LogP contribution in [0.4, 0.5) is 0 Å². The van der Waals surface area contributed by atoms with E-state index >= 15 is 0 Å². The summed E-state index contributed by atoms with van der Waals surface area (Å²) in [6.45, 7) is 4.39. The van der Waals surface area contributed by atoms with Crippen molar-refractivity contribution in [3.05, 3.63) is 28.8 Å². The lowest BCUT2D eigenvalue weighted by molar-refractivity contribution is 0.0878. The molecule has 1 heterocycles. The van der Waals surface area contributed by atoms with Crippen LogP contribution in [0.3, 0.4) is 0 Å². The van der Waals surface area contributed by atoms with Gasteiger partial charge in [0.1, 0.15) is 11.8 Å². The lowest BCUT2D eigenvalue weighted by Gasteiger charge is -2.22. The van der Waals surface area contributed by atoms with Crippen LogP contribution < -0.4 is 4.74 Å². The Hall–Kier alpha value is -1.53. The maximum Gasteiger partial charge on any atom is 0.180 e. The molecule has 1 atom stereocenters. The molecule has 0 spiro atoms. The van der Waals surface area contributed by atoms with Gasteiger partial charge in [-0.25, -0.2) is 0 Å². The second-order valence-electron chi connectivity index (χ2n) is 4.33. The van der Waals surface area contributed by atoms with Crippen molar-refractivity contribution < 1.29 is 9.84 Å². The molecular formula is C13H15NO2. The van der Waals surface area contributed by atoms with Crippen molar-refractivity contribution in [3.8, 4) is 11.8 Å². The third-order valence-electron chi connectivity index (χ3n) is 3.09. The maximum absolute atomic E-state index is 10.4. The first-order valence-electron chi connectivity index (χ1n) is 5.45. The summed E-state index contributed by atoms with van der Waals surface area (Å²) in [7, 11) is 0. The molecule has 0 saturated carbocycles. The summed E-state index contributed by atoms with van der Waals surface area (Å²) in [5.41, 5.74) is 1.12. The summed E-state index contributed by atoms with van der Waals surface area (Å²) in [4.78, 5) is 0. The molecule has 0 aromatic heterocycles. The summed E-state index contributed by atoms with van der Waals surface area (Å²) in [6, 6.07) is 5.90. The zero-order valence-corrected chi connectivity index (χ0v) is 9.58. The van der Waals surface area contributed by atoms with E-state index in [1.807, 2.05) is 32.0 Å². The van der Waals surface area contributed by atoms with E-state index in [0.29, 0.717) is 30.8 Å². The SMILES string of the molecule is Cc1ccc(C)c2c1OCCCC2(O)C#N. The molecule has 0 bridgehead atoms. The predicted molar refractivity (Wildman–Crippen MR) is 60.2 cm³/mol. The monoisotopic (exact) mass is 217 g/mol. The average Bonchev–Trinajstić information content (AvgIpc) is 2.45. The van der Waals surface area contributed by atoms with Gasteiger partial charge in [0.15, 0.2) is 5.60 Å². The smallest absolute Gasteiger partial charge is 0.180 e. The van der Waals surface area contributed by atoms with Gasteiger partial charge < -0.3 is 9.84 Å². The molecule has 1 unspecified atom stereocenters. The fraction of sp³-hybridized carbons (Fsp3) is 0.462. The first-order chi connectivity index (χ1) is 7.58. The van der Waals surface area contributed by atoms with Crippen LogP contribution in [-0.4, -0.2) is 11.7 Å². The fourth-order valence-corrected chi connectivity index (χ4v) is 2.22. The summed E-state index contributed by atoms with van der Waals surface area (Å²) in [5.74, 6) is 0.682. The number of nitrogens with zero attached hydrogens (tertiary/aromatic N) is 1. The van der Waals surface area contributed by atoms with E-state index in [1.165, 1.54) is 0 Å². The Bertz CT molecular complexity index is 462.